The first-order valence-corrected chi connectivity index (χ1v) is 4.99. The van der Waals surface area contributed by atoms with Gasteiger partial charge in [-0.1, -0.05) is 18.2 Å². The van der Waals surface area contributed by atoms with E-state index in [9.17, 15) is 4.79 Å². The van der Waals surface area contributed by atoms with E-state index in [1.165, 1.54) is 0 Å². The van der Waals surface area contributed by atoms with Gasteiger partial charge in [-0.3, -0.25) is 4.79 Å². The molecular weight excluding hydrogens is 198 g/mol. The molecule has 0 heterocycles. The van der Waals surface area contributed by atoms with E-state index in [1.807, 2.05) is 25.1 Å². The van der Waals surface area contributed by atoms with E-state index < -0.39 is 0 Å². The smallest absolute Gasteiger partial charge is 0.253 e. The number of hydrogen-bond donors (Lipinski definition) is 0. The molecule has 0 fully saturated rings. The van der Waals surface area contributed by atoms with Crippen LogP contribution in [0, 0.1) is 0 Å². The van der Waals surface area contributed by atoms with Crippen LogP contribution in [-0.4, -0.2) is 29.8 Å². The van der Waals surface area contributed by atoms with Crippen molar-refractivity contribution < 1.29 is 4.79 Å². The Morgan fingerprint density at radius 2 is 2.00 bits per heavy atom. The molecule has 1 amide bonds. The van der Waals surface area contributed by atoms with E-state index >= 15 is 0 Å². The van der Waals surface area contributed by atoms with Crippen LogP contribution in [0.4, 0.5) is 0 Å². The maximum Gasteiger partial charge on any atom is 0.253 e. The van der Waals surface area contributed by atoms with Crippen LogP contribution in [0.2, 0.25) is 0 Å². The molecular formula is C11H14ClNO. The van der Waals surface area contributed by atoms with Gasteiger partial charge in [-0.15, -0.1) is 11.6 Å². The highest BCUT2D eigenvalue weighted by Gasteiger charge is 2.12. The molecule has 2 nitrogen and oxygen atoms in total. The lowest BCUT2D eigenvalue weighted by atomic mass is 10.2. The lowest BCUT2D eigenvalue weighted by Crippen LogP contribution is -2.31. The van der Waals surface area contributed by atoms with Gasteiger partial charge in [-0.05, 0) is 19.1 Å². The van der Waals surface area contributed by atoms with Gasteiger partial charge in [-0.25, -0.2) is 0 Å². The first-order chi connectivity index (χ1) is 6.61. The summed E-state index contributed by atoms with van der Waals surface area (Å²) >= 11 is 5.81. The zero-order chi connectivity index (χ0) is 10.6. The molecule has 0 saturated carbocycles. The zero-order valence-electron chi connectivity index (χ0n) is 8.40. The second-order valence-electron chi connectivity index (χ2n) is 3.33. The molecule has 0 bridgehead atoms. The van der Waals surface area contributed by atoms with Crippen molar-refractivity contribution in [3.63, 3.8) is 0 Å². The summed E-state index contributed by atoms with van der Waals surface area (Å²) in [5, 5.41) is -0.0207. The molecule has 0 radical (unpaired) electrons. The Labute approximate surface area is 89.5 Å². The van der Waals surface area contributed by atoms with Crippen LogP contribution in [0.5, 0.6) is 0 Å². The predicted molar refractivity (Wildman–Crippen MR) is 58.7 cm³/mol. The summed E-state index contributed by atoms with van der Waals surface area (Å²) in [6.07, 6.45) is 0. The van der Waals surface area contributed by atoms with Crippen LogP contribution in [0.15, 0.2) is 30.3 Å². The highest BCUT2D eigenvalue weighted by atomic mass is 35.5. The lowest BCUT2D eigenvalue weighted by molar-refractivity contribution is 0.0796. The number of nitrogens with zero attached hydrogens (tertiary/aromatic N) is 1. The average molecular weight is 212 g/mol. The third-order valence-electron chi connectivity index (χ3n) is 1.89. The molecule has 1 aromatic carbocycles. The van der Waals surface area contributed by atoms with E-state index in [4.69, 9.17) is 11.6 Å². The Morgan fingerprint density at radius 3 is 2.50 bits per heavy atom. The number of amides is 1. The van der Waals surface area contributed by atoms with Gasteiger partial charge < -0.3 is 4.90 Å². The van der Waals surface area contributed by atoms with Crippen LogP contribution in [-0.2, 0) is 0 Å². The molecule has 0 N–H and O–H groups in total. The van der Waals surface area contributed by atoms with Crippen molar-refractivity contribution in [3.05, 3.63) is 35.9 Å². The molecule has 3 heteroatoms. The van der Waals surface area contributed by atoms with Crippen LogP contribution < -0.4 is 0 Å². The van der Waals surface area contributed by atoms with Crippen LogP contribution in [0.3, 0.4) is 0 Å². The second-order valence-corrected chi connectivity index (χ2v) is 4.08. The van der Waals surface area contributed by atoms with Crippen LogP contribution >= 0.6 is 11.6 Å². The minimum atomic E-state index is -0.0207. The van der Waals surface area contributed by atoms with E-state index in [-0.39, 0.29) is 11.3 Å². The highest BCUT2D eigenvalue weighted by molar-refractivity contribution is 6.20. The van der Waals surface area contributed by atoms with Gasteiger partial charge in [0.2, 0.25) is 0 Å². The SMILES string of the molecule is CC(Cl)CN(C)C(=O)c1ccccc1. The molecule has 0 aliphatic carbocycles. The normalized spacial score (nSPS) is 12.2. The summed E-state index contributed by atoms with van der Waals surface area (Å²) in [5.41, 5.74) is 0.701. The van der Waals surface area contributed by atoms with Crippen molar-refractivity contribution in [1.82, 2.24) is 4.90 Å². The number of alkyl halides is 1. The summed E-state index contributed by atoms with van der Waals surface area (Å²) < 4.78 is 0. The minimum Gasteiger partial charge on any atom is -0.340 e. The van der Waals surface area contributed by atoms with Crippen molar-refractivity contribution in [2.45, 2.75) is 12.3 Å². The Bertz CT molecular complexity index is 297. The predicted octanol–water partition coefficient (Wildman–Crippen LogP) is 2.39. The largest absolute Gasteiger partial charge is 0.340 e. The van der Waals surface area contributed by atoms with E-state index in [2.05, 4.69) is 0 Å². The molecule has 0 aliphatic rings. The maximum atomic E-state index is 11.7. The first-order valence-electron chi connectivity index (χ1n) is 4.56. The third-order valence-corrected chi connectivity index (χ3v) is 2.03. The summed E-state index contributed by atoms with van der Waals surface area (Å²) in [5.74, 6) is 0.0121. The van der Waals surface area contributed by atoms with Gasteiger partial charge in [-0.2, -0.15) is 0 Å². The molecule has 0 saturated heterocycles. The molecule has 0 aromatic heterocycles. The number of carbonyl (C=O) groups is 1. The Morgan fingerprint density at radius 1 is 1.43 bits per heavy atom. The molecule has 76 valence electrons. The number of halogens is 1. The Hall–Kier alpha value is -1.02. The van der Waals surface area contributed by atoms with Crippen molar-refractivity contribution in [3.8, 4) is 0 Å². The van der Waals surface area contributed by atoms with Crippen molar-refractivity contribution in [2.75, 3.05) is 13.6 Å². The standard InChI is InChI=1S/C11H14ClNO/c1-9(12)8-13(2)11(14)10-6-4-3-5-7-10/h3-7,9H,8H2,1-2H3. The van der Waals surface area contributed by atoms with Crippen molar-refractivity contribution in [1.29, 1.82) is 0 Å². The molecule has 1 unspecified atom stereocenters. The van der Waals surface area contributed by atoms with E-state index in [0.29, 0.717) is 12.1 Å². The fourth-order valence-corrected chi connectivity index (χ4v) is 1.47. The second kappa shape index (κ2) is 5.01. The lowest BCUT2D eigenvalue weighted by Gasteiger charge is -2.18. The van der Waals surface area contributed by atoms with Crippen molar-refractivity contribution in [2.24, 2.45) is 0 Å². The summed E-state index contributed by atoms with van der Waals surface area (Å²) in [6, 6.07) is 9.20. The average Bonchev–Trinajstić information content (AvgIpc) is 2.17. The molecule has 1 atom stereocenters. The zero-order valence-corrected chi connectivity index (χ0v) is 9.16. The van der Waals surface area contributed by atoms with Gasteiger partial charge in [0.25, 0.3) is 5.91 Å². The number of rotatable bonds is 3. The van der Waals surface area contributed by atoms with Gasteiger partial charge in [0, 0.05) is 24.5 Å². The highest BCUT2D eigenvalue weighted by Crippen LogP contribution is 2.05. The summed E-state index contributed by atoms with van der Waals surface area (Å²) in [4.78, 5) is 13.4. The molecule has 1 rings (SSSR count). The summed E-state index contributed by atoms with van der Waals surface area (Å²) in [6.45, 7) is 2.44. The molecule has 0 spiro atoms. The van der Waals surface area contributed by atoms with Gasteiger partial charge in [0.05, 0.1) is 0 Å². The topological polar surface area (TPSA) is 20.3 Å². The monoisotopic (exact) mass is 211 g/mol. The third kappa shape index (κ3) is 3.04. The first kappa shape index (κ1) is 11.1. The Kier molecular flexibility index (Phi) is 3.96. The molecule has 0 aliphatic heterocycles. The minimum absolute atomic E-state index is 0.0121. The van der Waals surface area contributed by atoms with E-state index in [1.54, 1.807) is 24.1 Å². The Balaban J connectivity index is 2.66. The fraction of sp³-hybridized carbons (Fsp3) is 0.364. The van der Waals surface area contributed by atoms with Crippen LogP contribution in [0.25, 0.3) is 0 Å². The quantitative estimate of drug-likeness (QED) is 0.704. The number of carbonyl (C=O) groups excluding carboxylic acids is 1. The fourth-order valence-electron chi connectivity index (χ4n) is 1.26. The van der Waals surface area contributed by atoms with Gasteiger partial charge >= 0.3 is 0 Å². The summed E-state index contributed by atoms with van der Waals surface area (Å²) in [7, 11) is 1.76. The number of benzene rings is 1. The van der Waals surface area contributed by atoms with E-state index in [0.717, 1.165) is 0 Å². The van der Waals surface area contributed by atoms with Gasteiger partial charge in [0.15, 0.2) is 0 Å². The molecule has 14 heavy (non-hydrogen) atoms. The number of hydrogen-bond acceptors (Lipinski definition) is 1. The van der Waals surface area contributed by atoms with Crippen LogP contribution in [0.1, 0.15) is 17.3 Å². The van der Waals surface area contributed by atoms with Gasteiger partial charge in [0.1, 0.15) is 0 Å². The maximum absolute atomic E-state index is 11.7. The molecule has 1 aromatic rings. The van der Waals surface area contributed by atoms with Crippen molar-refractivity contribution >= 4 is 17.5 Å².